The number of fused-ring (bicyclic) bond motifs is 2. The smallest absolute Gasteiger partial charge is 0.413 e. The Hall–Kier alpha value is -3.15. The number of amides is 2. The summed E-state index contributed by atoms with van der Waals surface area (Å²) >= 11 is 8.51. The van der Waals surface area contributed by atoms with Crippen molar-refractivity contribution in [2.45, 2.75) is 12.6 Å². The number of carbonyl (C=O) groups is 2. The van der Waals surface area contributed by atoms with Crippen LogP contribution in [0.1, 0.15) is 27.0 Å². The first kappa shape index (κ1) is 22.6. The summed E-state index contributed by atoms with van der Waals surface area (Å²) in [4.78, 5) is 33.9. The van der Waals surface area contributed by atoms with E-state index in [1.807, 2.05) is 6.92 Å². The number of aromatic amines is 1. The average molecular weight is 589 g/mol. The number of aromatic nitrogens is 2. The molecule has 0 radical (unpaired) electrons. The highest BCUT2D eigenvalue weighted by atomic mass is 127. The van der Waals surface area contributed by atoms with Crippen molar-refractivity contribution < 1.29 is 19.4 Å². The fourth-order valence-corrected chi connectivity index (χ4v) is 5.24. The highest BCUT2D eigenvalue weighted by molar-refractivity contribution is 14.1. The van der Waals surface area contributed by atoms with Crippen molar-refractivity contribution >= 4 is 68.9 Å². The van der Waals surface area contributed by atoms with Crippen LogP contribution in [0.25, 0.3) is 11.0 Å². The number of rotatable bonds is 3. The quantitative estimate of drug-likeness (QED) is 0.287. The van der Waals surface area contributed by atoms with Crippen LogP contribution in [-0.4, -0.2) is 34.2 Å². The number of hydrogen-bond donors (Lipinski definition) is 3. The highest BCUT2D eigenvalue weighted by Crippen LogP contribution is 2.47. The Morgan fingerprint density at radius 1 is 1.24 bits per heavy atom. The largest absolute Gasteiger partial charge is 0.453 e. The summed E-state index contributed by atoms with van der Waals surface area (Å²) < 4.78 is 5.48. The van der Waals surface area contributed by atoms with Gasteiger partial charge in [-0.3, -0.25) is 15.0 Å². The summed E-state index contributed by atoms with van der Waals surface area (Å²) in [5.41, 5.74) is 1.96. The lowest BCUT2D eigenvalue weighted by molar-refractivity contribution is 0.0703. The minimum absolute atomic E-state index is 0.200. The van der Waals surface area contributed by atoms with E-state index in [-0.39, 0.29) is 11.9 Å². The van der Waals surface area contributed by atoms with Gasteiger partial charge in [0.05, 0.1) is 23.8 Å². The summed E-state index contributed by atoms with van der Waals surface area (Å²) in [5.74, 6) is -0.136. The van der Waals surface area contributed by atoms with E-state index in [0.717, 1.165) is 9.13 Å². The molecule has 0 fully saturated rings. The number of nitrogens with zero attached hydrogens (tertiary/aromatic N) is 2. The molecule has 172 valence electrons. The van der Waals surface area contributed by atoms with Crippen LogP contribution in [0.3, 0.4) is 0 Å². The monoisotopic (exact) mass is 588 g/mol. The molecule has 4 aromatic rings. The number of hydrogen-bond acceptors (Lipinski definition) is 5. The maximum Gasteiger partial charge on any atom is 0.413 e. The maximum absolute atomic E-state index is 13.6. The molecule has 0 saturated heterocycles. The van der Waals surface area contributed by atoms with Crippen LogP contribution in [0.2, 0.25) is 5.02 Å². The molecule has 0 aliphatic carbocycles. The summed E-state index contributed by atoms with van der Waals surface area (Å²) in [5, 5.41) is 15.2. The summed E-state index contributed by atoms with van der Waals surface area (Å²) in [6.07, 6.45) is -0.662. The lowest BCUT2D eigenvalue weighted by atomic mass is 9.93. The van der Waals surface area contributed by atoms with Crippen LogP contribution in [0.5, 0.6) is 0 Å². The minimum atomic E-state index is -1.80. The number of aliphatic hydroxyl groups is 1. The van der Waals surface area contributed by atoms with Gasteiger partial charge in [-0.15, -0.1) is 0 Å². The van der Waals surface area contributed by atoms with Crippen molar-refractivity contribution in [1.29, 1.82) is 0 Å². The fraction of sp³-hybridized carbons (Fsp3) is 0.125. The summed E-state index contributed by atoms with van der Waals surface area (Å²) in [6, 6.07) is 15.6. The zero-order chi connectivity index (χ0) is 24.2. The van der Waals surface area contributed by atoms with Crippen LogP contribution in [0.4, 0.5) is 16.4 Å². The first-order chi connectivity index (χ1) is 16.2. The highest BCUT2D eigenvalue weighted by Gasteiger charge is 2.51. The predicted molar refractivity (Wildman–Crippen MR) is 137 cm³/mol. The molecule has 2 amide bonds. The van der Waals surface area contributed by atoms with E-state index in [1.165, 1.54) is 12.0 Å². The molecule has 3 aromatic carbocycles. The van der Waals surface area contributed by atoms with E-state index >= 15 is 0 Å². The number of carbonyl (C=O) groups excluding carboxylic acids is 2. The van der Waals surface area contributed by atoms with Gasteiger partial charge in [0.1, 0.15) is 0 Å². The Morgan fingerprint density at radius 2 is 2.00 bits per heavy atom. The Balaban J connectivity index is 1.72. The number of imidazole rings is 1. The van der Waals surface area contributed by atoms with E-state index < -0.39 is 11.8 Å². The van der Waals surface area contributed by atoms with E-state index in [2.05, 4.69) is 42.6 Å². The molecule has 8 nitrogen and oxygen atoms in total. The molecule has 0 spiro atoms. The zero-order valence-corrected chi connectivity index (χ0v) is 20.9. The Bertz CT molecular complexity index is 1490. The van der Waals surface area contributed by atoms with Crippen molar-refractivity contribution in [2.24, 2.45) is 0 Å². The number of benzene rings is 3. The van der Waals surface area contributed by atoms with Crippen LogP contribution in [0, 0.1) is 10.5 Å². The van der Waals surface area contributed by atoms with Crippen molar-refractivity contribution in [3.8, 4) is 0 Å². The van der Waals surface area contributed by atoms with Gasteiger partial charge >= 0.3 is 6.09 Å². The summed E-state index contributed by atoms with van der Waals surface area (Å²) in [6.45, 7) is 1.88. The van der Waals surface area contributed by atoms with Crippen LogP contribution in [0.15, 0.2) is 54.6 Å². The average Bonchev–Trinajstić information content (AvgIpc) is 3.32. The van der Waals surface area contributed by atoms with Crippen molar-refractivity contribution in [1.82, 2.24) is 9.97 Å². The first-order valence-corrected chi connectivity index (χ1v) is 11.7. The molecule has 10 heteroatoms. The lowest BCUT2D eigenvalue weighted by Gasteiger charge is -2.36. The van der Waals surface area contributed by atoms with E-state index in [9.17, 15) is 14.7 Å². The van der Waals surface area contributed by atoms with Crippen molar-refractivity contribution in [3.05, 3.63) is 85.4 Å². The molecule has 0 bridgehead atoms. The van der Waals surface area contributed by atoms with Gasteiger partial charge < -0.3 is 14.8 Å². The third-order valence-corrected chi connectivity index (χ3v) is 7.21. The first-order valence-electron chi connectivity index (χ1n) is 10.2. The number of methoxy groups -OCH3 is 1. The second kappa shape index (κ2) is 8.26. The third-order valence-electron chi connectivity index (χ3n) is 5.87. The van der Waals surface area contributed by atoms with Crippen LogP contribution in [-0.2, 0) is 10.5 Å². The van der Waals surface area contributed by atoms with Gasteiger partial charge in [-0.25, -0.2) is 9.78 Å². The number of nitrogens with one attached hydrogen (secondary N) is 2. The van der Waals surface area contributed by atoms with E-state index in [1.54, 1.807) is 54.6 Å². The van der Waals surface area contributed by atoms with Gasteiger partial charge in [-0.2, -0.15) is 0 Å². The Labute approximate surface area is 213 Å². The van der Waals surface area contributed by atoms with Gasteiger partial charge in [0.15, 0.2) is 5.72 Å². The molecular formula is C24H18ClIN4O4. The van der Waals surface area contributed by atoms with Crippen LogP contribution >= 0.6 is 34.2 Å². The van der Waals surface area contributed by atoms with E-state index in [0.29, 0.717) is 38.4 Å². The van der Waals surface area contributed by atoms with Crippen LogP contribution < -0.4 is 10.2 Å². The Morgan fingerprint density at radius 3 is 2.76 bits per heavy atom. The molecule has 34 heavy (non-hydrogen) atoms. The molecule has 1 aliphatic heterocycles. The number of H-pyrrole nitrogens is 1. The van der Waals surface area contributed by atoms with Gasteiger partial charge in [-0.05, 0) is 65.4 Å². The van der Waals surface area contributed by atoms with Gasteiger partial charge in [0.25, 0.3) is 5.91 Å². The second-order valence-corrected chi connectivity index (χ2v) is 9.42. The standard InChI is InChI=1S/C24H18ClIN4O4/c1-12-17(26)10-14(25)11-20(12)30-21(31)15-5-3-4-6-16(15)24(30,33)13-7-8-18-19(9-13)28-22(27-18)29-23(32)34-2/h3-11,33H,1-2H3,(H2,27,28,29,32). The SMILES string of the molecule is COC(=O)Nc1nc2ccc(C3(O)c4ccccc4C(=O)N3c3cc(Cl)cc(I)c3C)cc2[nH]1. The molecular weight excluding hydrogens is 571 g/mol. The molecule has 1 aliphatic rings. The third kappa shape index (κ3) is 3.42. The minimum Gasteiger partial charge on any atom is -0.453 e. The number of halogens is 2. The summed E-state index contributed by atoms with van der Waals surface area (Å²) in [7, 11) is 1.26. The number of ether oxygens (including phenoxy) is 1. The molecule has 1 atom stereocenters. The molecule has 5 rings (SSSR count). The predicted octanol–water partition coefficient (Wildman–Crippen LogP) is 5.16. The van der Waals surface area contributed by atoms with Gasteiger partial charge in [0.2, 0.25) is 5.95 Å². The lowest BCUT2D eigenvalue weighted by Crippen LogP contribution is -2.45. The molecule has 1 unspecified atom stereocenters. The molecule has 1 aromatic heterocycles. The van der Waals surface area contributed by atoms with Gasteiger partial charge in [0, 0.05) is 25.3 Å². The van der Waals surface area contributed by atoms with Crippen molar-refractivity contribution in [3.63, 3.8) is 0 Å². The normalized spacial score (nSPS) is 17.2. The maximum atomic E-state index is 13.6. The topological polar surface area (TPSA) is 108 Å². The molecule has 2 heterocycles. The fourth-order valence-electron chi connectivity index (χ4n) is 4.23. The molecule has 3 N–H and O–H groups in total. The molecule has 0 saturated carbocycles. The number of anilines is 2. The van der Waals surface area contributed by atoms with Gasteiger partial charge in [-0.1, -0.05) is 35.9 Å². The van der Waals surface area contributed by atoms with Crippen molar-refractivity contribution in [2.75, 3.05) is 17.3 Å². The Kier molecular flexibility index (Phi) is 5.50. The second-order valence-electron chi connectivity index (χ2n) is 7.82. The zero-order valence-electron chi connectivity index (χ0n) is 18.0. The van der Waals surface area contributed by atoms with E-state index in [4.69, 9.17) is 11.6 Å².